The first-order valence-electron chi connectivity index (χ1n) is 12.5. The minimum absolute atomic E-state index is 0.0868. The first-order valence-corrected chi connectivity index (χ1v) is 12.5. The van der Waals surface area contributed by atoms with E-state index in [0.29, 0.717) is 23.3 Å². The van der Waals surface area contributed by atoms with Crippen molar-refractivity contribution >= 4 is 16.8 Å². The molecule has 33 heavy (non-hydrogen) atoms. The lowest BCUT2D eigenvalue weighted by Crippen LogP contribution is -2.42. The number of unbranched alkanes of at least 4 members (excludes halogenated alkanes) is 2. The number of hydrogen-bond acceptors (Lipinski definition) is 3. The zero-order chi connectivity index (χ0) is 23.4. The van der Waals surface area contributed by atoms with Gasteiger partial charge in [0.2, 0.25) is 5.91 Å². The molecule has 1 atom stereocenters. The number of carbonyl (C=O) groups is 1. The van der Waals surface area contributed by atoms with E-state index in [0.717, 1.165) is 50.6 Å². The zero-order valence-electron chi connectivity index (χ0n) is 20.1. The monoisotopic (exact) mass is 445 g/mol. The predicted octanol–water partition coefficient (Wildman–Crippen LogP) is 5.83. The minimum Gasteiger partial charge on any atom is -0.333 e. The van der Waals surface area contributed by atoms with Gasteiger partial charge in [0.05, 0.1) is 22.6 Å². The summed E-state index contributed by atoms with van der Waals surface area (Å²) in [5, 5.41) is 0.593. The highest BCUT2D eigenvalue weighted by Gasteiger charge is 2.33. The van der Waals surface area contributed by atoms with Crippen LogP contribution in [0.2, 0.25) is 0 Å². The molecule has 1 heterocycles. The topological polar surface area (TPSA) is 55.2 Å². The van der Waals surface area contributed by atoms with Crippen LogP contribution in [-0.2, 0) is 11.2 Å². The Kier molecular flexibility index (Phi) is 7.26. The van der Waals surface area contributed by atoms with Crippen molar-refractivity contribution in [3.63, 3.8) is 0 Å². The van der Waals surface area contributed by atoms with Gasteiger partial charge in [-0.1, -0.05) is 57.4 Å². The number of fused-ring (bicyclic) bond motifs is 1. The Morgan fingerprint density at radius 3 is 2.45 bits per heavy atom. The number of nitrogens with zero attached hydrogens (tertiary/aromatic N) is 3. The van der Waals surface area contributed by atoms with Crippen molar-refractivity contribution in [1.29, 1.82) is 0 Å². The molecule has 5 nitrogen and oxygen atoms in total. The molecular formula is C28H35N3O2. The molecule has 174 valence electrons. The van der Waals surface area contributed by atoms with Crippen molar-refractivity contribution in [3.8, 4) is 5.69 Å². The van der Waals surface area contributed by atoms with Crippen molar-refractivity contribution in [1.82, 2.24) is 14.5 Å². The van der Waals surface area contributed by atoms with Gasteiger partial charge in [-0.25, -0.2) is 4.98 Å². The van der Waals surface area contributed by atoms with E-state index in [1.165, 1.54) is 5.56 Å². The van der Waals surface area contributed by atoms with E-state index in [-0.39, 0.29) is 23.4 Å². The number of amides is 1. The Hall–Kier alpha value is -2.95. The highest BCUT2D eigenvalue weighted by molar-refractivity contribution is 5.80. The molecule has 0 N–H and O–H groups in total. The van der Waals surface area contributed by atoms with E-state index in [1.807, 2.05) is 48.2 Å². The number of aromatic nitrogens is 2. The van der Waals surface area contributed by atoms with Gasteiger partial charge in [-0.05, 0) is 62.4 Å². The van der Waals surface area contributed by atoms with Crippen LogP contribution in [-0.4, -0.2) is 26.9 Å². The third kappa shape index (κ3) is 4.73. The van der Waals surface area contributed by atoms with Gasteiger partial charge < -0.3 is 4.90 Å². The largest absolute Gasteiger partial charge is 0.333 e. The first kappa shape index (κ1) is 23.2. The van der Waals surface area contributed by atoms with Crippen molar-refractivity contribution in [2.24, 2.45) is 5.92 Å². The minimum atomic E-state index is -0.293. The molecule has 1 aliphatic carbocycles. The fourth-order valence-corrected chi connectivity index (χ4v) is 4.62. The maximum Gasteiger partial charge on any atom is 0.266 e. The molecule has 1 aliphatic rings. The van der Waals surface area contributed by atoms with Crippen LogP contribution in [0.4, 0.5) is 0 Å². The van der Waals surface area contributed by atoms with Crippen LogP contribution in [0.15, 0.2) is 53.3 Å². The number of hydrogen-bond donors (Lipinski definition) is 0. The van der Waals surface area contributed by atoms with E-state index in [9.17, 15) is 9.59 Å². The van der Waals surface area contributed by atoms with Gasteiger partial charge in [-0.15, -0.1) is 0 Å². The predicted molar refractivity (Wildman–Crippen MR) is 134 cm³/mol. The van der Waals surface area contributed by atoms with Gasteiger partial charge in [0.15, 0.2) is 0 Å². The summed E-state index contributed by atoms with van der Waals surface area (Å²) in [6, 6.07) is 15.3. The van der Waals surface area contributed by atoms with Gasteiger partial charge in [0.1, 0.15) is 5.82 Å². The summed E-state index contributed by atoms with van der Waals surface area (Å²) >= 11 is 0. The Morgan fingerprint density at radius 1 is 1.09 bits per heavy atom. The summed E-state index contributed by atoms with van der Waals surface area (Å²) in [6.07, 6.45) is 7.13. The second-order valence-corrected chi connectivity index (χ2v) is 9.19. The average molecular weight is 446 g/mol. The van der Waals surface area contributed by atoms with Crippen LogP contribution in [0, 0.1) is 5.92 Å². The first-order chi connectivity index (χ1) is 16.0. The number of rotatable bonds is 9. The van der Waals surface area contributed by atoms with Crippen LogP contribution >= 0.6 is 0 Å². The Balaban J connectivity index is 1.83. The zero-order valence-corrected chi connectivity index (χ0v) is 20.1. The molecule has 0 radical (unpaired) electrons. The summed E-state index contributed by atoms with van der Waals surface area (Å²) < 4.78 is 1.72. The molecule has 3 aromatic rings. The van der Waals surface area contributed by atoms with E-state index < -0.39 is 0 Å². The highest BCUT2D eigenvalue weighted by Crippen LogP contribution is 2.32. The smallest absolute Gasteiger partial charge is 0.266 e. The lowest BCUT2D eigenvalue weighted by atomic mass is 9.84. The normalized spacial score (nSPS) is 14.8. The Morgan fingerprint density at radius 2 is 1.82 bits per heavy atom. The van der Waals surface area contributed by atoms with Crippen molar-refractivity contribution in [3.05, 3.63) is 70.3 Å². The van der Waals surface area contributed by atoms with E-state index in [4.69, 9.17) is 4.98 Å². The fourth-order valence-electron chi connectivity index (χ4n) is 4.62. The van der Waals surface area contributed by atoms with Crippen molar-refractivity contribution in [2.45, 2.75) is 71.8 Å². The molecule has 0 bridgehead atoms. The van der Waals surface area contributed by atoms with Gasteiger partial charge in [0, 0.05) is 12.5 Å². The van der Waals surface area contributed by atoms with Gasteiger partial charge in [0.25, 0.3) is 5.56 Å². The van der Waals surface area contributed by atoms with Crippen LogP contribution < -0.4 is 5.56 Å². The van der Waals surface area contributed by atoms with Crippen molar-refractivity contribution < 1.29 is 4.79 Å². The molecule has 4 rings (SSSR count). The number of carbonyl (C=O) groups excluding carboxylic acids is 1. The quantitative estimate of drug-likeness (QED) is 0.390. The van der Waals surface area contributed by atoms with Gasteiger partial charge >= 0.3 is 0 Å². The summed E-state index contributed by atoms with van der Waals surface area (Å²) in [7, 11) is 0. The molecule has 1 fully saturated rings. The van der Waals surface area contributed by atoms with Crippen LogP contribution in [0.1, 0.15) is 76.7 Å². The lowest BCUT2D eigenvalue weighted by molar-refractivity contribution is -0.140. The summed E-state index contributed by atoms with van der Waals surface area (Å²) in [4.78, 5) is 34.0. The molecule has 5 heteroatoms. The summed E-state index contributed by atoms with van der Waals surface area (Å²) in [6.45, 7) is 7.01. The molecule has 1 unspecified atom stereocenters. The molecule has 0 spiro atoms. The molecule has 1 amide bonds. The lowest BCUT2D eigenvalue weighted by Gasteiger charge is -2.36. The van der Waals surface area contributed by atoms with Crippen LogP contribution in [0.25, 0.3) is 16.6 Å². The van der Waals surface area contributed by atoms with Crippen LogP contribution in [0.3, 0.4) is 0 Å². The Labute approximate surface area is 196 Å². The van der Waals surface area contributed by atoms with Crippen LogP contribution in [0.5, 0.6) is 0 Å². The standard InChI is InChI=1S/C28H35N3O2/c1-4-6-9-19-30(27(32)22-11-10-12-22)20(3)26-29-25-14-8-7-13-24(25)28(33)31(26)23-17-15-21(5-2)16-18-23/h7-8,13-18,20,22H,4-6,9-12,19H2,1-3H3. The number of para-hydroxylation sites is 1. The Bertz CT molecular complexity index is 1160. The second kappa shape index (κ2) is 10.3. The molecule has 2 aromatic carbocycles. The summed E-state index contributed by atoms with van der Waals surface area (Å²) in [5.74, 6) is 0.950. The maximum atomic E-state index is 13.7. The third-order valence-electron chi connectivity index (χ3n) is 6.99. The molecular weight excluding hydrogens is 410 g/mol. The summed E-state index contributed by atoms with van der Waals surface area (Å²) in [5.41, 5.74) is 2.60. The number of benzene rings is 2. The average Bonchev–Trinajstić information content (AvgIpc) is 2.80. The molecule has 0 saturated heterocycles. The van der Waals surface area contributed by atoms with Gasteiger partial charge in [-0.2, -0.15) is 0 Å². The highest BCUT2D eigenvalue weighted by atomic mass is 16.2. The molecule has 0 aliphatic heterocycles. The second-order valence-electron chi connectivity index (χ2n) is 9.19. The number of aryl methyl sites for hydroxylation is 1. The van der Waals surface area contributed by atoms with E-state index in [1.54, 1.807) is 4.57 Å². The van der Waals surface area contributed by atoms with Crippen molar-refractivity contribution in [2.75, 3.05) is 6.54 Å². The third-order valence-corrected chi connectivity index (χ3v) is 6.99. The van der Waals surface area contributed by atoms with E-state index >= 15 is 0 Å². The SMILES string of the molecule is CCCCCN(C(=O)C1CCC1)C(C)c1nc2ccccc2c(=O)n1-c1ccc(CC)cc1. The van der Waals surface area contributed by atoms with E-state index in [2.05, 4.69) is 26.0 Å². The van der Waals surface area contributed by atoms with Gasteiger partial charge in [-0.3, -0.25) is 14.2 Å². The molecule has 1 saturated carbocycles. The fraction of sp³-hybridized carbons (Fsp3) is 0.464. The molecule has 1 aromatic heterocycles. The maximum absolute atomic E-state index is 13.7.